The van der Waals surface area contributed by atoms with Crippen LogP contribution >= 0.6 is 0 Å². The van der Waals surface area contributed by atoms with Crippen LogP contribution in [0.15, 0.2) is 0 Å². The number of hydrogen-bond donors (Lipinski definition) is 2. The lowest BCUT2D eigenvalue weighted by molar-refractivity contribution is -0.160. The summed E-state index contributed by atoms with van der Waals surface area (Å²) in [6.45, 7) is 2.71. The van der Waals surface area contributed by atoms with E-state index in [0.29, 0.717) is 36.6 Å². The van der Waals surface area contributed by atoms with Crippen molar-refractivity contribution < 1.29 is 33.5 Å². The van der Waals surface area contributed by atoms with E-state index in [1.807, 2.05) is 0 Å². The molecule has 0 radical (unpaired) electrons. The van der Waals surface area contributed by atoms with Gasteiger partial charge in [-0.1, -0.05) is 19.8 Å². The smallest absolute Gasteiger partial charge is 0.344 e. The van der Waals surface area contributed by atoms with Crippen molar-refractivity contribution in [1.82, 2.24) is 20.7 Å². The van der Waals surface area contributed by atoms with Gasteiger partial charge in [-0.25, -0.2) is 9.59 Å². The quantitative estimate of drug-likeness (QED) is 0.347. The Labute approximate surface area is 191 Å². The van der Waals surface area contributed by atoms with E-state index >= 15 is 0 Å². The second-order valence-corrected chi connectivity index (χ2v) is 9.70. The van der Waals surface area contributed by atoms with E-state index in [4.69, 9.17) is 4.74 Å². The van der Waals surface area contributed by atoms with Crippen molar-refractivity contribution in [2.45, 2.75) is 76.8 Å². The van der Waals surface area contributed by atoms with E-state index in [1.54, 1.807) is 0 Å². The maximum Gasteiger partial charge on any atom is 0.344 e. The maximum absolute atomic E-state index is 12.8. The summed E-state index contributed by atoms with van der Waals surface area (Å²) in [5.74, 6) is -3.35. The van der Waals surface area contributed by atoms with Crippen LogP contribution in [0.2, 0.25) is 0 Å². The predicted molar refractivity (Wildman–Crippen MR) is 112 cm³/mol. The SMILES string of the molecule is CC1CCC2(CC1)NC(=O)N(NC(=O)COC(=O)[C@H](C)N1C(=O)C3CCCCC3C1=O)C2=O. The van der Waals surface area contributed by atoms with Gasteiger partial charge in [-0.05, 0) is 51.4 Å². The molecule has 33 heavy (non-hydrogen) atoms. The molecule has 0 aromatic rings. The molecule has 180 valence electrons. The second kappa shape index (κ2) is 8.75. The van der Waals surface area contributed by atoms with Crippen molar-refractivity contribution in [3.8, 4) is 0 Å². The van der Waals surface area contributed by atoms with E-state index in [9.17, 15) is 28.8 Å². The zero-order valence-electron chi connectivity index (χ0n) is 18.9. The fourth-order valence-corrected chi connectivity index (χ4v) is 5.40. The van der Waals surface area contributed by atoms with E-state index in [2.05, 4.69) is 17.7 Å². The highest BCUT2D eigenvalue weighted by molar-refractivity contribution is 6.09. The minimum atomic E-state index is -1.16. The van der Waals surface area contributed by atoms with Crippen molar-refractivity contribution in [2.75, 3.05) is 6.61 Å². The molecule has 6 amide bonds. The number of nitrogens with zero attached hydrogens (tertiary/aromatic N) is 2. The average Bonchev–Trinajstić information content (AvgIpc) is 3.19. The minimum absolute atomic E-state index is 0.370. The van der Waals surface area contributed by atoms with Crippen LogP contribution < -0.4 is 10.7 Å². The molecule has 11 nitrogen and oxygen atoms in total. The van der Waals surface area contributed by atoms with Gasteiger partial charge in [-0.2, -0.15) is 5.01 Å². The zero-order valence-corrected chi connectivity index (χ0v) is 18.9. The van der Waals surface area contributed by atoms with Crippen LogP contribution in [0.3, 0.4) is 0 Å². The third kappa shape index (κ3) is 4.08. The molecule has 2 saturated heterocycles. The summed E-state index contributed by atoms with van der Waals surface area (Å²) < 4.78 is 4.99. The van der Waals surface area contributed by atoms with Crippen molar-refractivity contribution in [1.29, 1.82) is 0 Å². The van der Waals surface area contributed by atoms with Gasteiger partial charge >= 0.3 is 12.0 Å². The second-order valence-electron chi connectivity index (χ2n) is 9.70. The molecule has 4 aliphatic rings. The summed E-state index contributed by atoms with van der Waals surface area (Å²) in [6, 6.07) is -1.88. The Morgan fingerprint density at radius 2 is 1.64 bits per heavy atom. The first kappa shape index (κ1) is 23.2. The highest BCUT2D eigenvalue weighted by atomic mass is 16.5. The summed E-state index contributed by atoms with van der Waals surface area (Å²) >= 11 is 0. The average molecular weight is 463 g/mol. The number of imide groups is 2. The van der Waals surface area contributed by atoms with Gasteiger partial charge < -0.3 is 10.1 Å². The molecule has 2 aliphatic heterocycles. The van der Waals surface area contributed by atoms with Gasteiger partial charge in [0.25, 0.3) is 11.8 Å². The predicted octanol–water partition coefficient (Wildman–Crippen LogP) is 0.625. The van der Waals surface area contributed by atoms with Crippen LogP contribution in [-0.2, 0) is 28.7 Å². The Bertz CT molecular complexity index is 871. The number of esters is 1. The van der Waals surface area contributed by atoms with E-state index < -0.39 is 42.0 Å². The molecular formula is C22H30N4O7. The van der Waals surface area contributed by atoms with Crippen LogP contribution in [0.5, 0.6) is 0 Å². The van der Waals surface area contributed by atoms with Crippen molar-refractivity contribution in [2.24, 2.45) is 17.8 Å². The molecule has 0 bridgehead atoms. The number of carbonyl (C=O) groups is 6. The molecule has 2 aliphatic carbocycles. The summed E-state index contributed by atoms with van der Waals surface area (Å²) in [5, 5.41) is 3.32. The Balaban J connectivity index is 1.30. The lowest BCUT2D eigenvalue weighted by Gasteiger charge is -2.33. The van der Waals surface area contributed by atoms with Gasteiger partial charge in [0.1, 0.15) is 11.6 Å². The number of carbonyl (C=O) groups excluding carboxylic acids is 6. The third-order valence-corrected chi connectivity index (χ3v) is 7.48. The maximum atomic E-state index is 12.8. The number of hydrogen-bond acceptors (Lipinski definition) is 7. The van der Waals surface area contributed by atoms with Crippen LogP contribution in [-0.4, -0.2) is 63.7 Å². The van der Waals surface area contributed by atoms with Gasteiger partial charge in [0.2, 0.25) is 11.8 Å². The lowest BCUT2D eigenvalue weighted by Crippen LogP contribution is -2.52. The summed E-state index contributed by atoms with van der Waals surface area (Å²) in [6.07, 6.45) is 5.57. The number of amides is 6. The van der Waals surface area contributed by atoms with Crippen LogP contribution in [0.4, 0.5) is 4.79 Å². The van der Waals surface area contributed by atoms with Gasteiger partial charge in [-0.3, -0.25) is 29.5 Å². The first-order valence-electron chi connectivity index (χ1n) is 11.6. The van der Waals surface area contributed by atoms with E-state index in [1.165, 1.54) is 6.92 Å². The number of fused-ring (bicyclic) bond motifs is 1. The normalized spacial score (nSPS) is 32.6. The van der Waals surface area contributed by atoms with Gasteiger partial charge in [-0.15, -0.1) is 0 Å². The van der Waals surface area contributed by atoms with E-state index in [0.717, 1.165) is 30.6 Å². The van der Waals surface area contributed by atoms with Gasteiger partial charge in [0.15, 0.2) is 6.61 Å². The lowest BCUT2D eigenvalue weighted by atomic mass is 9.77. The topological polar surface area (TPSA) is 142 Å². The molecule has 2 saturated carbocycles. The fourth-order valence-electron chi connectivity index (χ4n) is 5.40. The number of urea groups is 1. The van der Waals surface area contributed by atoms with Crippen molar-refractivity contribution in [3.63, 3.8) is 0 Å². The van der Waals surface area contributed by atoms with Gasteiger partial charge in [0.05, 0.1) is 11.8 Å². The molecule has 3 atom stereocenters. The van der Waals surface area contributed by atoms with E-state index in [-0.39, 0.29) is 23.7 Å². The van der Waals surface area contributed by atoms with Crippen molar-refractivity contribution >= 4 is 35.6 Å². The first-order valence-corrected chi connectivity index (χ1v) is 11.6. The van der Waals surface area contributed by atoms with Crippen LogP contribution in [0.1, 0.15) is 65.2 Å². The molecule has 2 unspecified atom stereocenters. The molecule has 4 rings (SSSR count). The van der Waals surface area contributed by atoms with Crippen LogP contribution in [0.25, 0.3) is 0 Å². The monoisotopic (exact) mass is 462 g/mol. The Hall–Kier alpha value is -2.98. The molecule has 2 heterocycles. The standard InChI is InChI=1S/C22H30N4O7/c1-12-7-9-22(10-8-12)20(31)26(21(32)23-22)24-16(27)11-33-19(30)13(2)25-17(28)14-5-3-4-6-15(14)18(25)29/h12-15H,3-11H2,1-2H3,(H,23,32)(H,24,27)/t12?,13-,14?,15?,22?/m0/s1. The molecule has 0 aromatic heterocycles. The Morgan fingerprint density at radius 3 is 2.21 bits per heavy atom. The van der Waals surface area contributed by atoms with Crippen molar-refractivity contribution in [3.05, 3.63) is 0 Å². The highest BCUT2D eigenvalue weighted by Crippen LogP contribution is 2.39. The number of hydrazine groups is 1. The molecule has 4 fully saturated rings. The highest BCUT2D eigenvalue weighted by Gasteiger charge is 2.53. The zero-order chi connectivity index (χ0) is 23.9. The number of nitrogens with one attached hydrogen (secondary N) is 2. The number of ether oxygens (including phenoxy) is 1. The fraction of sp³-hybridized carbons (Fsp3) is 0.727. The Kier molecular flexibility index (Phi) is 6.15. The largest absolute Gasteiger partial charge is 0.454 e. The summed E-state index contributed by atoms with van der Waals surface area (Å²) in [4.78, 5) is 76.0. The summed E-state index contributed by atoms with van der Waals surface area (Å²) in [5.41, 5.74) is 1.19. The molecule has 1 spiro atoms. The molecule has 0 aromatic carbocycles. The minimum Gasteiger partial charge on any atom is -0.454 e. The molecule has 2 N–H and O–H groups in total. The Morgan fingerprint density at radius 1 is 1.06 bits per heavy atom. The molecular weight excluding hydrogens is 432 g/mol. The van der Waals surface area contributed by atoms with Crippen LogP contribution in [0, 0.1) is 17.8 Å². The third-order valence-electron chi connectivity index (χ3n) is 7.48. The summed E-state index contributed by atoms with van der Waals surface area (Å²) in [7, 11) is 0. The molecule has 11 heteroatoms. The first-order chi connectivity index (χ1) is 15.6. The number of rotatable bonds is 5. The number of likely N-dealkylation sites (tertiary alicyclic amines) is 1. The van der Waals surface area contributed by atoms with Gasteiger partial charge in [0, 0.05) is 0 Å².